The lowest BCUT2D eigenvalue weighted by molar-refractivity contribution is 0.0439. The number of pyridine rings is 1. The van der Waals surface area contributed by atoms with Gasteiger partial charge in [0.25, 0.3) is 5.91 Å². The van der Waals surface area contributed by atoms with Crippen LogP contribution in [0.15, 0.2) is 66.9 Å². The number of fused-ring (bicyclic) bond motifs is 1. The molecule has 1 unspecified atom stereocenters. The molecule has 164 valence electrons. The molecule has 2 aromatic carbocycles. The van der Waals surface area contributed by atoms with Crippen molar-refractivity contribution in [2.45, 2.75) is 31.3 Å². The number of amides is 2. The molecule has 1 atom stereocenters. The molecule has 6 heteroatoms. The molecule has 0 aliphatic carbocycles. The molecule has 6 nitrogen and oxygen atoms in total. The highest BCUT2D eigenvalue weighted by atomic mass is 16.6. The Morgan fingerprint density at radius 3 is 2.75 bits per heavy atom. The number of hydrogen-bond acceptors (Lipinski definition) is 4. The number of aromatic nitrogens is 1. The van der Waals surface area contributed by atoms with Crippen LogP contribution in [-0.4, -0.2) is 58.6 Å². The fourth-order valence-electron chi connectivity index (χ4n) is 4.86. The van der Waals surface area contributed by atoms with E-state index in [1.165, 1.54) is 5.56 Å². The largest absolute Gasteiger partial charge is 0.441 e. The zero-order valence-electron chi connectivity index (χ0n) is 18.1. The van der Waals surface area contributed by atoms with Crippen molar-refractivity contribution in [2.24, 2.45) is 0 Å². The molecule has 1 aromatic heterocycles. The first-order valence-corrected chi connectivity index (χ1v) is 11.3. The molecule has 1 spiro atoms. The maximum atomic E-state index is 13.3. The van der Waals surface area contributed by atoms with E-state index >= 15 is 0 Å². The topological polar surface area (TPSA) is 62.7 Å². The van der Waals surface area contributed by atoms with Gasteiger partial charge in [0.1, 0.15) is 5.60 Å². The van der Waals surface area contributed by atoms with Crippen LogP contribution in [0.5, 0.6) is 0 Å². The first-order valence-electron chi connectivity index (χ1n) is 11.3. The van der Waals surface area contributed by atoms with Crippen molar-refractivity contribution >= 4 is 22.9 Å². The third-order valence-electron chi connectivity index (χ3n) is 6.62. The molecule has 0 saturated carbocycles. The van der Waals surface area contributed by atoms with Crippen LogP contribution in [0, 0.1) is 0 Å². The van der Waals surface area contributed by atoms with Gasteiger partial charge in [-0.15, -0.1) is 0 Å². The summed E-state index contributed by atoms with van der Waals surface area (Å²) in [6.45, 7) is 2.49. The molecule has 2 aliphatic rings. The van der Waals surface area contributed by atoms with E-state index in [2.05, 4.69) is 17.1 Å². The molecule has 3 heterocycles. The van der Waals surface area contributed by atoms with Crippen molar-refractivity contribution < 1.29 is 14.3 Å². The van der Waals surface area contributed by atoms with E-state index in [0.29, 0.717) is 38.2 Å². The van der Waals surface area contributed by atoms with Crippen LogP contribution in [0.25, 0.3) is 10.9 Å². The molecule has 2 aliphatic heterocycles. The Hall–Kier alpha value is -3.41. The molecule has 2 amide bonds. The summed E-state index contributed by atoms with van der Waals surface area (Å²) in [6, 6.07) is 19.7. The molecular weight excluding hydrogens is 402 g/mol. The normalized spacial score (nSPS) is 21.1. The third-order valence-corrected chi connectivity index (χ3v) is 6.62. The highest BCUT2D eigenvalue weighted by molar-refractivity contribution is 6.06. The van der Waals surface area contributed by atoms with Gasteiger partial charge in [0.2, 0.25) is 0 Å². The monoisotopic (exact) mass is 429 g/mol. The van der Waals surface area contributed by atoms with Crippen molar-refractivity contribution in [2.75, 3.05) is 26.2 Å². The molecule has 3 aromatic rings. The summed E-state index contributed by atoms with van der Waals surface area (Å²) < 4.78 is 5.91. The van der Waals surface area contributed by atoms with E-state index < -0.39 is 5.60 Å². The van der Waals surface area contributed by atoms with E-state index in [4.69, 9.17) is 4.74 Å². The minimum absolute atomic E-state index is 0.0194. The smallest absolute Gasteiger partial charge is 0.410 e. The van der Waals surface area contributed by atoms with Gasteiger partial charge in [0.05, 0.1) is 12.1 Å². The van der Waals surface area contributed by atoms with E-state index in [-0.39, 0.29) is 12.0 Å². The minimum Gasteiger partial charge on any atom is -0.441 e. The first kappa shape index (κ1) is 20.5. The van der Waals surface area contributed by atoms with Crippen LogP contribution in [-0.2, 0) is 11.2 Å². The molecule has 0 bridgehead atoms. The summed E-state index contributed by atoms with van der Waals surface area (Å²) in [5.74, 6) is 0.0194. The fraction of sp³-hybridized carbons (Fsp3) is 0.346. The molecular formula is C26H27N3O3. The Kier molecular flexibility index (Phi) is 5.52. The van der Waals surface area contributed by atoms with Crippen LogP contribution >= 0.6 is 0 Å². The molecule has 5 rings (SSSR count). The second-order valence-electron chi connectivity index (χ2n) is 8.73. The SMILES string of the molecule is O=C1OC2(CCCN(C(=O)c3cccc4ncccc34)CC2)CN1CCc1ccccc1. The summed E-state index contributed by atoms with van der Waals surface area (Å²) in [5.41, 5.74) is 2.22. The number of carbonyl (C=O) groups is 2. The zero-order chi connectivity index (χ0) is 22.0. The second-order valence-corrected chi connectivity index (χ2v) is 8.73. The molecule has 0 N–H and O–H groups in total. The molecule has 2 saturated heterocycles. The van der Waals surface area contributed by atoms with Crippen LogP contribution in [0.1, 0.15) is 35.2 Å². The van der Waals surface area contributed by atoms with Crippen LogP contribution in [0.3, 0.4) is 0 Å². The lowest BCUT2D eigenvalue weighted by atomic mass is 9.95. The van der Waals surface area contributed by atoms with Gasteiger partial charge in [0, 0.05) is 43.2 Å². The Labute approximate surface area is 187 Å². The minimum atomic E-state index is -0.497. The van der Waals surface area contributed by atoms with Crippen molar-refractivity contribution in [3.05, 3.63) is 78.0 Å². The zero-order valence-corrected chi connectivity index (χ0v) is 18.1. The lowest BCUT2D eigenvalue weighted by Crippen LogP contribution is -2.37. The lowest BCUT2D eigenvalue weighted by Gasteiger charge is -2.26. The maximum Gasteiger partial charge on any atom is 0.410 e. The van der Waals surface area contributed by atoms with Gasteiger partial charge in [-0.1, -0.05) is 42.5 Å². The standard InChI is InChI=1S/C26H27N3O3/c30-24(22-9-4-11-23-21(22)10-5-15-27-23)28-16-6-13-26(14-18-28)19-29(25(31)32-26)17-12-20-7-2-1-3-8-20/h1-5,7-11,15H,6,12-14,16-19H2. The van der Waals surface area contributed by atoms with Crippen LogP contribution in [0.4, 0.5) is 4.79 Å². The van der Waals surface area contributed by atoms with Gasteiger partial charge < -0.3 is 14.5 Å². The molecule has 0 radical (unpaired) electrons. The average Bonchev–Trinajstić information content (AvgIpc) is 3.00. The summed E-state index contributed by atoms with van der Waals surface area (Å²) >= 11 is 0. The van der Waals surface area contributed by atoms with Crippen LogP contribution < -0.4 is 0 Å². The van der Waals surface area contributed by atoms with Gasteiger partial charge in [-0.2, -0.15) is 0 Å². The Bertz CT molecular complexity index is 1130. The number of nitrogens with zero attached hydrogens (tertiary/aromatic N) is 3. The number of ether oxygens (including phenoxy) is 1. The van der Waals surface area contributed by atoms with E-state index in [0.717, 1.165) is 30.2 Å². The summed E-state index contributed by atoms with van der Waals surface area (Å²) in [6.07, 6.45) is 4.57. The number of benzene rings is 2. The number of carbonyl (C=O) groups excluding carboxylic acids is 2. The first-order chi connectivity index (χ1) is 15.6. The molecule has 32 heavy (non-hydrogen) atoms. The Morgan fingerprint density at radius 2 is 1.88 bits per heavy atom. The number of hydrogen-bond donors (Lipinski definition) is 0. The second kappa shape index (κ2) is 8.61. The van der Waals surface area contributed by atoms with Crippen molar-refractivity contribution in [3.63, 3.8) is 0 Å². The van der Waals surface area contributed by atoms with Gasteiger partial charge >= 0.3 is 6.09 Å². The Morgan fingerprint density at radius 1 is 1.00 bits per heavy atom. The number of rotatable bonds is 4. The maximum absolute atomic E-state index is 13.3. The predicted octanol–water partition coefficient (Wildman–Crippen LogP) is 4.29. The fourth-order valence-corrected chi connectivity index (χ4v) is 4.86. The summed E-state index contributed by atoms with van der Waals surface area (Å²) in [4.78, 5) is 34.0. The highest BCUT2D eigenvalue weighted by Crippen LogP contribution is 2.34. The Balaban J connectivity index is 1.26. The van der Waals surface area contributed by atoms with E-state index in [1.54, 1.807) is 6.20 Å². The van der Waals surface area contributed by atoms with E-state index in [1.807, 2.05) is 58.3 Å². The summed E-state index contributed by atoms with van der Waals surface area (Å²) in [5, 5.41) is 0.873. The molecule has 2 fully saturated rings. The highest BCUT2D eigenvalue weighted by Gasteiger charge is 2.46. The van der Waals surface area contributed by atoms with Gasteiger partial charge in [-0.05, 0) is 43.0 Å². The van der Waals surface area contributed by atoms with E-state index in [9.17, 15) is 9.59 Å². The summed E-state index contributed by atoms with van der Waals surface area (Å²) in [7, 11) is 0. The quantitative estimate of drug-likeness (QED) is 0.621. The average molecular weight is 430 g/mol. The van der Waals surface area contributed by atoms with Gasteiger partial charge in [-0.3, -0.25) is 9.78 Å². The van der Waals surface area contributed by atoms with Crippen molar-refractivity contribution in [1.82, 2.24) is 14.8 Å². The predicted molar refractivity (Wildman–Crippen MR) is 122 cm³/mol. The number of likely N-dealkylation sites (tertiary alicyclic amines) is 1. The van der Waals surface area contributed by atoms with Crippen molar-refractivity contribution in [1.29, 1.82) is 0 Å². The van der Waals surface area contributed by atoms with Gasteiger partial charge in [-0.25, -0.2) is 4.79 Å². The van der Waals surface area contributed by atoms with Crippen LogP contribution in [0.2, 0.25) is 0 Å². The third kappa shape index (κ3) is 4.05. The van der Waals surface area contributed by atoms with Gasteiger partial charge in [0.15, 0.2) is 0 Å². The van der Waals surface area contributed by atoms with Crippen molar-refractivity contribution in [3.8, 4) is 0 Å².